The second kappa shape index (κ2) is 10.7. The monoisotopic (exact) mass is 470 g/mol. The third kappa shape index (κ3) is 5.33. The molecule has 0 saturated carbocycles. The summed E-state index contributed by atoms with van der Waals surface area (Å²) in [5.74, 6) is -2.02. The zero-order chi connectivity index (χ0) is 24.9. The van der Waals surface area contributed by atoms with E-state index in [1.807, 2.05) is 47.4 Å². The fourth-order valence-corrected chi connectivity index (χ4v) is 4.93. The van der Waals surface area contributed by atoms with E-state index >= 15 is 0 Å². The molecule has 2 atom stereocenters. The molecule has 4 rings (SSSR count). The summed E-state index contributed by atoms with van der Waals surface area (Å²) in [5, 5.41) is 10.8. The molecule has 0 aliphatic carbocycles. The second-order valence-electron chi connectivity index (χ2n) is 9.24. The lowest BCUT2D eigenvalue weighted by Crippen LogP contribution is -2.52. The average molecular weight is 471 g/mol. The minimum absolute atomic E-state index is 0.0621. The van der Waals surface area contributed by atoms with E-state index in [9.17, 15) is 19.5 Å². The van der Waals surface area contributed by atoms with Gasteiger partial charge in [-0.15, -0.1) is 0 Å². The van der Waals surface area contributed by atoms with Crippen molar-refractivity contribution in [3.8, 4) is 5.75 Å². The lowest BCUT2D eigenvalue weighted by Gasteiger charge is -2.43. The van der Waals surface area contributed by atoms with E-state index in [1.54, 1.807) is 56.6 Å². The van der Waals surface area contributed by atoms with Crippen LogP contribution in [0.4, 0.5) is 0 Å². The number of phenolic OH excluding ortho intramolecular Hbond substituents is 1. The number of likely N-dealkylation sites (N-methyl/N-ethyl adjacent to an activating group) is 1. The van der Waals surface area contributed by atoms with Gasteiger partial charge in [-0.25, -0.2) is 0 Å². The first-order chi connectivity index (χ1) is 16.9. The molecule has 6 heteroatoms. The molecular formula is C29H30N2O4. The van der Waals surface area contributed by atoms with Gasteiger partial charge in [-0.05, 0) is 11.6 Å². The molecule has 0 spiro atoms. The Kier molecular flexibility index (Phi) is 7.42. The Labute approximate surface area is 205 Å². The molecule has 35 heavy (non-hydrogen) atoms. The summed E-state index contributed by atoms with van der Waals surface area (Å²) in [6.07, 6.45) is 0. The maximum absolute atomic E-state index is 13.8. The first kappa shape index (κ1) is 24.4. The molecule has 1 amide bonds. The number of phenols is 1. The highest BCUT2D eigenvalue weighted by atomic mass is 16.3. The van der Waals surface area contributed by atoms with E-state index < -0.39 is 17.8 Å². The zero-order valence-electron chi connectivity index (χ0n) is 20.0. The van der Waals surface area contributed by atoms with Crippen molar-refractivity contribution in [3.63, 3.8) is 0 Å². The lowest BCUT2D eigenvalue weighted by atomic mass is 9.68. The molecule has 1 N–H and O–H groups in total. The maximum Gasteiger partial charge on any atom is 0.236 e. The van der Waals surface area contributed by atoms with E-state index in [0.717, 1.165) is 0 Å². The van der Waals surface area contributed by atoms with E-state index in [0.29, 0.717) is 29.8 Å². The summed E-state index contributed by atoms with van der Waals surface area (Å²) in [6, 6.07) is 24.9. The van der Waals surface area contributed by atoms with Crippen LogP contribution in [-0.4, -0.2) is 66.1 Å². The van der Waals surface area contributed by atoms with Crippen molar-refractivity contribution in [2.45, 2.75) is 5.92 Å². The molecule has 1 aliphatic heterocycles. The van der Waals surface area contributed by atoms with Gasteiger partial charge in [0.25, 0.3) is 0 Å². The summed E-state index contributed by atoms with van der Waals surface area (Å²) < 4.78 is 0. The molecular weight excluding hydrogens is 440 g/mol. The van der Waals surface area contributed by atoms with Gasteiger partial charge in [0.2, 0.25) is 5.91 Å². The van der Waals surface area contributed by atoms with Gasteiger partial charge in [0, 0.05) is 56.1 Å². The van der Waals surface area contributed by atoms with Crippen molar-refractivity contribution in [3.05, 3.63) is 102 Å². The van der Waals surface area contributed by atoms with E-state index in [2.05, 4.69) is 0 Å². The Morgan fingerprint density at radius 2 is 1.23 bits per heavy atom. The zero-order valence-corrected chi connectivity index (χ0v) is 20.0. The van der Waals surface area contributed by atoms with Crippen LogP contribution in [0.3, 0.4) is 0 Å². The predicted octanol–water partition coefficient (Wildman–Crippen LogP) is 3.88. The fraction of sp³-hybridized carbons (Fsp3) is 0.276. The number of amides is 1. The van der Waals surface area contributed by atoms with Crippen LogP contribution in [-0.2, 0) is 4.79 Å². The van der Waals surface area contributed by atoms with Crippen molar-refractivity contribution in [2.24, 2.45) is 11.8 Å². The molecule has 1 heterocycles. The number of carbonyl (C=O) groups is 3. The third-order valence-electron chi connectivity index (χ3n) is 6.72. The van der Waals surface area contributed by atoms with Crippen LogP contribution in [0.25, 0.3) is 0 Å². The standard InChI is InChI=1S/C29H30N2O4/c1-30(2)26(33)19-31-17-23(28(34)20-11-5-3-6-12-20)27(22-15-9-10-16-25(22)32)24(18-31)29(35)21-13-7-4-8-14-21/h3-16,23-24,27,32H,17-19H2,1-2H3/t23-,24-/m0/s1. The molecule has 0 bridgehead atoms. The van der Waals surface area contributed by atoms with Gasteiger partial charge in [0.1, 0.15) is 5.75 Å². The number of benzene rings is 3. The largest absolute Gasteiger partial charge is 0.508 e. The van der Waals surface area contributed by atoms with E-state index in [4.69, 9.17) is 0 Å². The minimum Gasteiger partial charge on any atom is -0.508 e. The van der Waals surface area contributed by atoms with Crippen LogP contribution >= 0.6 is 0 Å². The molecule has 1 fully saturated rings. The fourth-order valence-electron chi connectivity index (χ4n) is 4.93. The number of rotatable bonds is 7. The Hall–Kier alpha value is -3.77. The Balaban J connectivity index is 1.82. The molecule has 1 aliphatic rings. The summed E-state index contributed by atoms with van der Waals surface area (Å²) in [4.78, 5) is 43.7. The van der Waals surface area contributed by atoms with Gasteiger partial charge in [0.15, 0.2) is 11.6 Å². The number of piperidine rings is 1. The van der Waals surface area contributed by atoms with E-state index in [1.165, 1.54) is 4.90 Å². The van der Waals surface area contributed by atoms with Gasteiger partial charge in [-0.2, -0.15) is 0 Å². The summed E-state index contributed by atoms with van der Waals surface area (Å²) in [5.41, 5.74) is 1.67. The highest BCUT2D eigenvalue weighted by molar-refractivity contribution is 6.02. The first-order valence-corrected chi connectivity index (χ1v) is 11.8. The number of ketones is 2. The number of nitrogens with zero attached hydrogens (tertiary/aromatic N) is 2. The van der Waals surface area contributed by atoms with Gasteiger partial charge in [0.05, 0.1) is 6.54 Å². The third-order valence-corrected chi connectivity index (χ3v) is 6.72. The Morgan fingerprint density at radius 1 is 0.771 bits per heavy atom. The normalized spacial score (nSPS) is 18.7. The SMILES string of the molecule is CN(C)C(=O)CN1C[C@H](C(=O)c2ccccc2)C(c2ccccc2O)[C@@H](C(=O)c2ccccc2)C1. The van der Waals surface area contributed by atoms with Crippen LogP contribution in [0.1, 0.15) is 32.2 Å². The smallest absolute Gasteiger partial charge is 0.236 e. The van der Waals surface area contributed by atoms with Crippen LogP contribution in [0.5, 0.6) is 5.75 Å². The topological polar surface area (TPSA) is 77.9 Å². The van der Waals surface area contributed by atoms with Crippen molar-refractivity contribution in [1.29, 1.82) is 0 Å². The number of hydrogen-bond donors (Lipinski definition) is 1. The van der Waals surface area contributed by atoms with Crippen LogP contribution in [0, 0.1) is 11.8 Å². The van der Waals surface area contributed by atoms with Crippen molar-refractivity contribution in [2.75, 3.05) is 33.7 Å². The highest BCUT2D eigenvalue weighted by Crippen LogP contribution is 2.43. The van der Waals surface area contributed by atoms with Crippen LogP contribution in [0.15, 0.2) is 84.9 Å². The van der Waals surface area contributed by atoms with Crippen molar-refractivity contribution >= 4 is 17.5 Å². The van der Waals surface area contributed by atoms with Crippen molar-refractivity contribution in [1.82, 2.24) is 9.80 Å². The predicted molar refractivity (Wildman–Crippen MR) is 135 cm³/mol. The Morgan fingerprint density at radius 3 is 1.69 bits per heavy atom. The maximum atomic E-state index is 13.8. The van der Waals surface area contributed by atoms with Crippen molar-refractivity contribution < 1.29 is 19.5 Å². The van der Waals surface area contributed by atoms with Gasteiger partial charge in [-0.1, -0.05) is 78.9 Å². The molecule has 0 radical (unpaired) electrons. The number of carbonyl (C=O) groups excluding carboxylic acids is 3. The number of hydrogen-bond acceptors (Lipinski definition) is 5. The minimum atomic E-state index is -0.618. The van der Waals surface area contributed by atoms with Gasteiger partial charge in [-0.3, -0.25) is 19.3 Å². The number of aromatic hydroxyl groups is 1. The summed E-state index contributed by atoms with van der Waals surface area (Å²) in [7, 11) is 3.38. The molecule has 3 aromatic carbocycles. The summed E-state index contributed by atoms with van der Waals surface area (Å²) >= 11 is 0. The van der Waals surface area contributed by atoms with Crippen LogP contribution < -0.4 is 0 Å². The van der Waals surface area contributed by atoms with Crippen LogP contribution in [0.2, 0.25) is 0 Å². The molecule has 6 nitrogen and oxygen atoms in total. The molecule has 0 aromatic heterocycles. The first-order valence-electron chi connectivity index (χ1n) is 11.8. The van der Waals surface area contributed by atoms with Gasteiger partial charge >= 0.3 is 0 Å². The highest BCUT2D eigenvalue weighted by Gasteiger charge is 2.46. The average Bonchev–Trinajstić information content (AvgIpc) is 2.88. The second-order valence-corrected chi connectivity index (χ2v) is 9.24. The quantitative estimate of drug-likeness (QED) is 0.531. The van der Waals surface area contributed by atoms with Gasteiger partial charge < -0.3 is 10.0 Å². The Bertz CT molecular complexity index is 1130. The molecule has 3 aromatic rings. The number of Topliss-reactive ketones (excluding diaryl/α,β-unsaturated/α-hetero) is 2. The number of para-hydroxylation sites is 1. The molecule has 180 valence electrons. The summed E-state index contributed by atoms with van der Waals surface area (Å²) in [6.45, 7) is 0.730. The molecule has 0 unspecified atom stereocenters. The van der Waals surface area contributed by atoms with E-state index in [-0.39, 0.29) is 29.8 Å². The lowest BCUT2D eigenvalue weighted by molar-refractivity contribution is -0.130. The number of likely N-dealkylation sites (tertiary alicyclic amines) is 1. The molecule has 1 saturated heterocycles.